The lowest BCUT2D eigenvalue weighted by atomic mass is 10.1. The summed E-state index contributed by atoms with van der Waals surface area (Å²) in [4.78, 5) is 0. The second kappa shape index (κ2) is 6.72. The van der Waals surface area contributed by atoms with Crippen LogP contribution >= 0.6 is 11.8 Å². The molecule has 0 radical (unpaired) electrons. The quantitative estimate of drug-likeness (QED) is 0.711. The first-order chi connectivity index (χ1) is 12.3. The van der Waals surface area contributed by atoms with Gasteiger partial charge in [-0.3, -0.25) is 0 Å². The van der Waals surface area contributed by atoms with Crippen LogP contribution < -0.4 is 4.74 Å². The molecule has 0 spiro atoms. The number of nitrogens with zero attached hydrogens (tertiary/aromatic N) is 4. The van der Waals surface area contributed by atoms with Crippen molar-refractivity contribution in [3.63, 3.8) is 0 Å². The van der Waals surface area contributed by atoms with Gasteiger partial charge in [0.25, 0.3) is 0 Å². The van der Waals surface area contributed by atoms with E-state index < -0.39 is 0 Å². The Morgan fingerprint density at radius 1 is 1.00 bits per heavy atom. The van der Waals surface area contributed by atoms with Gasteiger partial charge in [0.15, 0.2) is 5.82 Å². The summed E-state index contributed by atoms with van der Waals surface area (Å²) in [6.45, 7) is 4.77. The third-order valence-electron chi connectivity index (χ3n) is 3.98. The largest absolute Gasteiger partial charge is 0.494 e. The fourth-order valence-electron chi connectivity index (χ4n) is 2.78. The number of benzene rings is 2. The average molecular weight is 350 g/mol. The number of hydrogen-bond donors (Lipinski definition) is 0. The highest BCUT2D eigenvalue weighted by atomic mass is 32.2. The van der Waals surface area contributed by atoms with Gasteiger partial charge in [0.1, 0.15) is 5.75 Å². The SMILES string of the molecule is CCOc1ccc(-c2nnc3n2N=C(c2ccccc2)[C@@H](C)S3)cc1. The highest BCUT2D eigenvalue weighted by molar-refractivity contribution is 8.00. The predicted octanol–water partition coefficient (Wildman–Crippen LogP) is 4.09. The summed E-state index contributed by atoms with van der Waals surface area (Å²) in [5.74, 6) is 1.59. The highest BCUT2D eigenvalue weighted by Gasteiger charge is 2.26. The molecule has 1 atom stereocenters. The molecule has 0 unspecified atom stereocenters. The van der Waals surface area contributed by atoms with Crippen molar-refractivity contribution in [2.45, 2.75) is 24.3 Å². The fourth-order valence-corrected chi connectivity index (χ4v) is 3.71. The zero-order valence-corrected chi connectivity index (χ0v) is 14.9. The van der Waals surface area contributed by atoms with Crippen molar-refractivity contribution in [2.75, 3.05) is 6.61 Å². The first-order valence-corrected chi connectivity index (χ1v) is 9.14. The average Bonchev–Trinajstić information content (AvgIpc) is 3.05. The number of hydrogen-bond acceptors (Lipinski definition) is 5. The van der Waals surface area contributed by atoms with Gasteiger partial charge in [-0.15, -0.1) is 10.2 Å². The summed E-state index contributed by atoms with van der Waals surface area (Å²) in [5.41, 5.74) is 3.12. The van der Waals surface area contributed by atoms with Crippen molar-refractivity contribution in [3.05, 3.63) is 60.2 Å². The lowest BCUT2D eigenvalue weighted by Gasteiger charge is -2.19. The van der Waals surface area contributed by atoms with Crippen LogP contribution in [0, 0.1) is 0 Å². The lowest BCUT2D eigenvalue weighted by Crippen LogP contribution is -2.21. The molecule has 0 amide bonds. The van der Waals surface area contributed by atoms with Crippen LogP contribution in [0.15, 0.2) is 64.9 Å². The Morgan fingerprint density at radius 3 is 2.48 bits per heavy atom. The molecule has 0 saturated carbocycles. The molecule has 1 aliphatic rings. The van der Waals surface area contributed by atoms with Crippen molar-refractivity contribution < 1.29 is 4.74 Å². The standard InChI is InChI=1S/C19H18N4OS/c1-3-24-16-11-9-15(10-12-16)18-20-21-19-23(18)22-17(13(2)25-19)14-7-5-4-6-8-14/h4-13H,3H2,1-2H3/t13-/m1/s1. The van der Waals surface area contributed by atoms with Crippen LogP contribution in [0.1, 0.15) is 19.4 Å². The van der Waals surface area contributed by atoms with E-state index in [2.05, 4.69) is 29.3 Å². The van der Waals surface area contributed by atoms with Crippen LogP contribution in [0.2, 0.25) is 0 Å². The van der Waals surface area contributed by atoms with Gasteiger partial charge in [0.2, 0.25) is 5.16 Å². The van der Waals surface area contributed by atoms with Crippen LogP contribution in [-0.4, -0.2) is 32.4 Å². The molecule has 0 saturated heterocycles. The smallest absolute Gasteiger partial charge is 0.213 e. The minimum Gasteiger partial charge on any atom is -0.494 e. The minimum absolute atomic E-state index is 0.229. The van der Waals surface area contributed by atoms with Gasteiger partial charge < -0.3 is 4.74 Å². The Kier molecular flexibility index (Phi) is 4.28. The first-order valence-electron chi connectivity index (χ1n) is 8.26. The molecule has 5 nitrogen and oxygen atoms in total. The molecule has 3 aromatic rings. The van der Waals surface area contributed by atoms with E-state index in [4.69, 9.17) is 9.84 Å². The third-order valence-corrected chi connectivity index (χ3v) is 5.02. The fraction of sp³-hybridized carbons (Fsp3) is 0.211. The van der Waals surface area contributed by atoms with E-state index in [9.17, 15) is 0 Å². The van der Waals surface area contributed by atoms with Crippen LogP contribution in [0.4, 0.5) is 0 Å². The van der Waals surface area contributed by atoms with Crippen molar-refractivity contribution in [1.29, 1.82) is 0 Å². The number of aromatic nitrogens is 3. The summed E-state index contributed by atoms with van der Waals surface area (Å²) in [5, 5.41) is 14.6. The topological polar surface area (TPSA) is 52.3 Å². The lowest BCUT2D eigenvalue weighted by molar-refractivity contribution is 0.340. The van der Waals surface area contributed by atoms with Crippen LogP contribution in [0.5, 0.6) is 5.75 Å². The molecular weight excluding hydrogens is 332 g/mol. The minimum atomic E-state index is 0.229. The summed E-state index contributed by atoms with van der Waals surface area (Å²) in [6.07, 6.45) is 0. The molecule has 6 heteroatoms. The second-order valence-corrected chi connectivity index (χ2v) is 6.99. The molecular formula is C19H18N4OS. The molecule has 25 heavy (non-hydrogen) atoms. The van der Waals surface area contributed by atoms with Gasteiger partial charge in [-0.1, -0.05) is 42.1 Å². The Morgan fingerprint density at radius 2 is 1.76 bits per heavy atom. The number of rotatable bonds is 4. The van der Waals surface area contributed by atoms with Gasteiger partial charge in [-0.05, 0) is 43.7 Å². The molecule has 0 aliphatic carbocycles. The molecule has 1 aromatic heterocycles. The van der Waals surface area contributed by atoms with Gasteiger partial charge in [0, 0.05) is 5.56 Å². The van der Waals surface area contributed by atoms with Crippen LogP contribution in [0.3, 0.4) is 0 Å². The Hall–Kier alpha value is -2.60. The Balaban J connectivity index is 1.74. The summed E-state index contributed by atoms with van der Waals surface area (Å²) >= 11 is 1.68. The maximum absolute atomic E-state index is 5.51. The molecule has 0 fully saturated rings. The van der Waals surface area contributed by atoms with Gasteiger partial charge in [-0.25, -0.2) is 0 Å². The molecule has 0 bridgehead atoms. The summed E-state index contributed by atoms with van der Waals surface area (Å²) in [6, 6.07) is 18.1. The van der Waals surface area contributed by atoms with Crippen molar-refractivity contribution in [3.8, 4) is 17.1 Å². The van der Waals surface area contributed by atoms with E-state index in [0.717, 1.165) is 33.6 Å². The molecule has 4 rings (SSSR count). The molecule has 2 heterocycles. The van der Waals surface area contributed by atoms with E-state index in [1.807, 2.05) is 54.1 Å². The Bertz CT molecular complexity index is 903. The van der Waals surface area contributed by atoms with E-state index in [1.54, 1.807) is 11.8 Å². The van der Waals surface area contributed by atoms with E-state index in [-0.39, 0.29) is 5.25 Å². The monoisotopic (exact) mass is 350 g/mol. The van der Waals surface area contributed by atoms with Crippen molar-refractivity contribution in [2.24, 2.45) is 5.10 Å². The van der Waals surface area contributed by atoms with E-state index in [0.29, 0.717) is 6.61 Å². The number of fused-ring (bicyclic) bond motifs is 1. The summed E-state index contributed by atoms with van der Waals surface area (Å²) in [7, 11) is 0. The highest BCUT2D eigenvalue weighted by Crippen LogP contribution is 2.33. The molecule has 1 aliphatic heterocycles. The van der Waals surface area contributed by atoms with Gasteiger partial charge in [-0.2, -0.15) is 9.78 Å². The zero-order chi connectivity index (χ0) is 17.2. The zero-order valence-electron chi connectivity index (χ0n) is 14.1. The maximum atomic E-state index is 5.51. The van der Waals surface area contributed by atoms with Gasteiger partial charge >= 0.3 is 0 Å². The molecule has 2 aromatic carbocycles. The number of ether oxygens (including phenoxy) is 1. The van der Waals surface area contributed by atoms with Gasteiger partial charge in [0.05, 0.1) is 17.6 Å². The first kappa shape index (κ1) is 15.9. The summed E-state index contributed by atoms with van der Waals surface area (Å²) < 4.78 is 7.34. The second-order valence-electron chi connectivity index (χ2n) is 5.69. The third kappa shape index (κ3) is 3.05. The number of thioether (sulfide) groups is 1. The molecule has 0 N–H and O–H groups in total. The van der Waals surface area contributed by atoms with E-state index >= 15 is 0 Å². The van der Waals surface area contributed by atoms with Crippen LogP contribution in [0.25, 0.3) is 11.4 Å². The molecule has 126 valence electrons. The van der Waals surface area contributed by atoms with Crippen molar-refractivity contribution in [1.82, 2.24) is 14.9 Å². The normalized spacial score (nSPS) is 16.2. The van der Waals surface area contributed by atoms with Crippen LogP contribution in [-0.2, 0) is 0 Å². The predicted molar refractivity (Wildman–Crippen MR) is 100 cm³/mol. The Labute approximate surface area is 150 Å². The maximum Gasteiger partial charge on any atom is 0.213 e. The van der Waals surface area contributed by atoms with Crippen molar-refractivity contribution >= 4 is 17.5 Å². The van der Waals surface area contributed by atoms with E-state index in [1.165, 1.54) is 0 Å².